The van der Waals surface area contributed by atoms with E-state index in [0.29, 0.717) is 31.3 Å². The highest BCUT2D eigenvalue weighted by molar-refractivity contribution is 7.13. The summed E-state index contributed by atoms with van der Waals surface area (Å²) >= 11 is 1.59. The van der Waals surface area contributed by atoms with Gasteiger partial charge in [-0.25, -0.2) is 9.67 Å². The minimum absolute atomic E-state index is 0.0583. The van der Waals surface area contributed by atoms with E-state index in [1.165, 1.54) is 6.33 Å². The number of hydrogen-bond acceptors (Lipinski definition) is 8. The fourth-order valence-electron chi connectivity index (χ4n) is 2.72. The topological polar surface area (TPSA) is 93.2 Å². The SMILES string of the molecule is O=C(Cn1cncn1)N1CCN(Cc2nc(-c3cccs3)no2)CC1. The summed E-state index contributed by atoms with van der Waals surface area (Å²) in [7, 11) is 0. The zero-order valence-electron chi connectivity index (χ0n) is 13.5. The Labute approximate surface area is 147 Å². The number of piperazine rings is 1. The van der Waals surface area contributed by atoms with E-state index in [-0.39, 0.29) is 12.5 Å². The van der Waals surface area contributed by atoms with Crippen LogP contribution in [0.25, 0.3) is 10.7 Å². The molecule has 10 heteroatoms. The zero-order chi connectivity index (χ0) is 17.1. The lowest BCUT2D eigenvalue weighted by Crippen LogP contribution is -2.49. The lowest BCUT2D eigenvalue weighted by atomic mass is 10.3. The number of amides is 1. The second-order valence-electron chi connectivity index (χ2n) is 5.74. The molecule has 0 radical (unpaired) electrons. The van der Waals surface area contributed by atoms with Crippen molar-refractivity contribution in [1.29, 1.82) is 0 Å². The maximum absolute atomic E-state index is 12.2. The van der Waals surface area contributed by atoms with E-state index < -0.39 is 0 Å². The highest BCUT2D eigenvalue weighted by Gasteiger charge is 2.23. The molecule has 4 rings (SSSR count). The molecule has 0 atom stereocenters. The van der Waals surface area contributed by atoms with E-state index in [1.807, 2.05) is 22.4 Å². The van der Waals surface area contributed by atoms with Crippen LogP contribution in [0.15, 0.2) is 34.7 Å². The van der Waals surface area contributed by atoms with Gasteiger partial charge in [0, 0.05) is 26.2 Å². The first-order chi connectivity index (χ1) is 12.3. The van der Waals surface area contributed by atoms with Crippen LogP contribution < -0.4 is 0 Å². The predicted octanol–water partition coefficient (Wildman–Crippen LogP) is 0.734. The average Bonchev–Trinajstić information content (AvgIpc) is 3.38. The van der Waals surface area contributed by atoms with Gasteiger partial charge in [0.05, 0.1) is 11.4 Å². The summed E-state index contributed by atoms with van der Waals surface area (Å²) in [4.78, 5) is 25.6. The van der Waals surface area contributed by atoms with Crippen molar-refractivity contribution in [3.8, 4) is 10.7 Å². The number of rotatable bonds is 5. The van der Waals surface area contributed by atoms with Crippen LogP contribution in [0.5, 0.6) is 0 Å². The quantitative estimate of drug-likeness (QED) is 0.663. The van der Waals surface area contributed by atoms with Crippen LogP contribution in [0.1, 0.15) is 5.89 Å². The Morgan fingerprint density at radius 2 is 2.16 bits per heavy atom. The number of hydrogen-bond donors (Lipinski definition) is 0. The van der Waals surface area contributed by atoms with Crippen molar-refractivity contribution in [3.05, 3.63) is 36.1 Å². The minimum atomic E-state index is 0.0583. The van der Waals surface area contributed by atoms with E-state index >= 15 is 0 Å². The molecule has 0 aliphatic carbocycles. The second-order valence-corrected chi connectivity index (χ2v) is 6.69. The monoisotopic (exact) mass is 359 g/mol. The van der Waals surface area contributed by atoms with Crippen molar-refractivity contribution >= 4 is 17.2 Å². The summed E-state index contributed by atoms with van der Waals surface area (Å²) < 4.78 is 6.88. The Morgan fingerprint density at radius 3 is 2.88 bits per heavy atom. The summed E-state index contributed by atoms with van der Waals surface area (Å²) in [6.07, 6.45) is 2.98. The van der Waals surface area contributed by atoms with Gasteiger partial charge in [-0.15, -0.1) is 11.3 Å². The van der Waals surface area contributed by atoms with Crippen LogP contribution in [0, 0.1) is 0 Å². The smallest absolute Gasteiger partial charge is 0.244 e. The molecule has 1 amide bonds. The molecule has 4 heterocycles. The minimum Gasteiger partial charge on any atom is -0.339 e. The molecule has 1 fully saturated rings. The van der Waals surface area contributed by atoms with Gasteiger partial charge in [-0.05, 0) is 11.4 Å². The summed E-state index contributed by atoms with van der Waals surface area (Å²) in [6.45, 7) is 3.75. The van der Waals surface area contributed by atoms with Crippen LogP contribution in [0.2, 0.25) is 0 Å². The van der Waals surface area contributed by atoms with Gasteiger partial charge in [-0.3, -0.25) is 9.69 Å². The molecule has 3 aromatic heterocycles. The third-order valence-corrected chi connectivity index (χ3v) is 4.92. The first-order valence-corrected chi connectivity index (χ1v) is 8.85. The highest BCUT2D eigenvalue weighted by atomic mass is 32.1. The van der Waals surface area contributed by atoms with Gasteiger partial charge < -0.3 is 9.42 Å². The summed E-state index contributed by atoms with van der Waals surface area (Å²) in [5, 5.41) is 9.98. The largest absolute Gasteiger partial charge is 0.339 e. The van der Waals surface area contributed by atoms with Gasteiger partial charge in [0.15, 0.2) is 0 Å². The molecule has 0 unspecified atom stereocenters. The van der Waals surface area contributed by atoms with E-state index in [4.69, 9.17) is 4.52 Å². The second kappa shape index (κ2) is 7.11. The van der Waals surface area contributed by atoms with E-state index in [2.05, 4.69) is 25.1 Å². The molecule has 0 spiro atoms. The molecule has 0 bridgehead atoms. The van der Waals surface area contributed by atoms with E-state index in [0.717, 1.165) is 18.0 Å². The molecule has 130 valence electrons. The molecule has 9 nitrogen and oxygen atoms in total. The first kappa shape index (κ1) is 15.9. The molecule has 0 N–H and O–H groups in total. The van der Waals surface area contributed by atoms with Crippen molar-refractivity contribution in [2.24, 2.45) is 0 Å². The molecular formula is C15H17N7O2S. The van der Waals surface area contributed by atoms with Crippen LogP contribution in [0.3, 0.4) is 0 Å². The lowest BCUT2D eigenvalue weighted by molar-refractivity contribution is -0.133. The van der Waals surface area contributed by atoms with Crippen molar-refractivity contribution in [2.45, 2.75) is 13.1 Å². The van der Waals surface area contributed by atoms with Crippen LogP contribution in [-0.4, -0.2) is 66.8 Å². The van der Waals surface area contributed by atoms with Gasteiger partial charge >= 0.3 is 0 Å². The van der Waals surface area contributed by atoms with Crippen molar-refractivity contribution in [1.82, 2.24) is 34.7 Å². The molecule has 0 saturated carbocycles. The Balaban J connectivity index is 1.28. The normalized spacial score (nSPS) is 15.6. The standard InChI is InChI=1S/C15H17N7O2S/c23-14(9-22-11-16-10-17-22)21-5-3-20(4-6-21)8-13-18-15(19-24-13)12-2-1-7-25-12/h1-2,7,10-11H,3-6,8-9H2. The third-order valence-electron chi connectivity index (χ3n) is 4.06. The summed E-state index contributed by atoms with van der Waals surface area (Å²) in [5.74, 6) is 1.29. The Bertz CT molecular complexity index is 807. The zero-order valence-corrected chi connectivity index (χ0v) is 14.3. The van der Waals surface area contributed by atoms with Crippen molar-refractivity contribution in [2.75, 3.05) is 26.2 Å². The number of carbonyl (C=O) groups is 1. The van der Waals surface area contributed by atoms with Gasteiger partial charge in [0.2, 0.25) is 17.6 Å². The van der Waals surface area contributed by atoms with Crippen LogP contribution in [-0.2, 0) is 17.9 Å². The maximum atomic E-state index is 12.2. The van der Waals surface area contributed by atoms with Crippen molar-refractivity contribution in [3.63, 3.8) is 0 Å². The summed E-state index contributed by atoms with van der Waals surface area (Å²) in [6, 6.07) is 3.93. The molecule has 3 aromatic rings. The van der Waals surface area contributed by atoms with Gasteiger partial charge in [0.25, 0.3) is 0 Å². The molecule has 25 heavy (non-hydrogen) atoms. The first-order valence-electron chi connectivity index (χ1n) is 7.97. The van der Waals surface area contributed by atoms with Gasteiger partial charge in [-0.1, -0.05) is 11.2 Å². The number of thiophene rings is 1. The Kier molecular flexibility index (Phi) is 4.53. The fraction of sp³-hybridized carbons (Fsp3) is 0.400. The Hall–Kier alpha value is -2.59. The Morgan fingerprint density at radius 1 is 1.28 bits per heavy atom. The molecule has 1 aliphatic heterocycles. The highest BCUT2D eigenvalue weighted by Crippen LogP contribution is 2.21. The number of nitrogens with zero attached hydrogens (tertiary/aromatic N) is 7. The molecule has 1 saturated heterocycles. The lowest BCUT2D eigenvalue weighted by Gasteiger charge is -2.33. The van der Waals surface area contributed by atoms with Gasteiger partial charge in [0.1, 0.15) is 19.2 Å². The average molecular weight is 359 g/mol. The molecular weight excluding hydrogens is 342 g/mol. The fourth-order valence-corrected chi connectivity index (χ4v) is 3.37. The van der Waals surface area contributed by atoms with Crippen molar-refractivity contribution < 1.29 is 9.32 Å². The third kappa shape index (κ3) is 3.74. The number of aromatic nitrogens is 5. The van der Waals surface area contributed by atoms with Gasteiger partial charge in [-0.2, -0.15) is 10.1 Å². The molecule has 0 aromatic carbocycles. The van der Waals surface area contributed by atoms with E-state index in [1.54, 1.807) is 22.3 Å². The molecule has 1 aliphatic rings. The number of carbonyl (C=O) groups excluding carboxylic acids is 1. The van der Waals surface area contributed by atoms with E-state index in [9.17, 15) is 4.79 Å². The summed E-state index contributed by atoms with van der Waals surface area (Å²) in [5.41, 5.74) is 0. The maximum Gasteiger partial charge on any atom is 0.244 e. The van der Waals surface area contributed by atoms with Crippen LogP contribution in [0.4, 0.5) is 0 Å². The predicted molar refractivity (Wildman–Crippen MR) is 89.5 cm³/mol. The van der Waals surface area contributed by atoms with Crippen LogP contribution >= 0.6 is 11.3 Å².